The Morgan fingerprint density at radius 1 is 1.45 bits per heavy atom. The lowest BCUT2D eigenvalue weighted by atomic mass is 10.2. The highest BCUT2D eigenvalue weighted by Crippen LogP contribution is 2.03. The maximum Gasteiger partial charge on any atom is 0.194 e. The first kappa shape index (κ1) is 20.9. The van der Waals surface area contributed by atoms with E-state index in [2.05, 4.69) is 40.9 Å². The molecule has 0 saturated heterocycles. The summed E-state index contributed by atoms with van der Waals surface area (Å²) in [7, 11) is 4.04. The third kappa shape index (κ3) is 7.82. The summed E-state index contributed by atoms with van der Waals surface area (Å²) < 4.78 is 1.86. The molecule has 1 N–H and O–H groups in total. The standard InChI is InChI=1S/C16H29N5.HI/c1-5-7-8-9-10-13-20(3)16(17-6-2)18-14-15-11-12-19-21(15)4;/h5,11-12H,1,6-10,13-14H2,2-4H3,(H,17,18);1H. The summed E-state index contributed by atoms with van der Waals surface area (Å²) in [6, 6.07) is 2.00. The molecule has 0 bridgehead atoms. The minimum atomic E-state index is 0. The van der Waals surface area contributed by atoms with Crippen LogP contribution in [0.1, 0.15) is 38.3 Å². The molecule has 0 unspecified atom stereocenters. The van der Waals surface area contributed by atoms with Crippen molar-refractivity contribution in [3.8, 4) is 0 Å². The first-order valence-electron chi connectivity index (χ1n) is 7.76. The van der Waals surface area contributed by atoms with Gasteiger partial charge in [-0.2, -0.15) is 5.10 Å². The van der Waals surface area contributed by atoms with Gasteiger partial charge >= 0.3 is 0 Å². The number of nitrogens with one attached hydrogen (secondary N) is 1. The summed E-state index contributed by atoms with van der Waals surface area (Å²) in [6.45, 7) is 8.40. The number of unbranched alkanes of at least 4 members (excludes halogenated alkanes) is 3. The highest BCUT2D eigenvalue weighted by molar-refractivity contribution is 14.0. The summed E-state index contributed by atoms with van der Waals surface area (Å²) in [5, 5.41) is 7.52. The predicted molar refractivity (Wildman–Crippen MR) is 105 cm³/mol. The maximum absolute atomic E-state index is 4.69. The van der Waals surface area contributed by atoms with Crippen molar-refractivity contribution in [2.45, 2.75) is 39.2 Å². The van der Waals surface area contributed by atoms with Gasteiger partial charge in [0.05, 0.1) is 12.2 Å². The molecule has 1 rings (SSSR count). The highest BCUT2D eigenvalue weighted by atomic mass is 127. The first-order chi connectivity index (χ1) is 10.2. The van der Waals surface area contributed by atoms with E-state index in [1.807, 2.05) is 23.9 Å². The number of aliphatic imine (C=N–C) groups is 1. The Morgan fingerprint density at radius 2 is 2.23 bits per heavy atom. The third-order valence-corrected chi connectivity index (χ3v) is 3.41. The zero-order chi connectivity index (χ0) is 15.5. The molecular weight excluding hydrogens is 389 g/mol. The monoisotopic (exact) mass is 419 g/mol. The van der Waals surface area contributed by atoms with Gasteiger partial charge in [-0.15, -0.1) is 30.6 Å². The molecule has 1 aromatic rings. The molecule has 0 aliphatic carbocycles. The Hall–Kier alpha value is -1.05. The van der Waals surface area contributed by atoms with E-state index in [0.717, 1.165) is 31.2 Å². The van der Waals surface area contributed by atoms with Gasteiger partial charge in [0.2, 0.25) is 0 Å². The van der Waals surface area contributed by atoms with Gasteiger partial charge in [0.1, 0.15) is 0 Å². The summed E-state index contributed by atoms with van der Waals surface area (Å²) in [5.41, 5.74) is 1.12. The van der Waals surface area contributed by atoms with E-state index in [-0.39, 0.29) is 24.0 Å². The Balaban J connectivity index is 0.00000441. The zero-order valence-corrected chi connectivity index (χ0v) is 16.4. The van der Waals surface area contributed by atoms with Crippen molar-refractivity contribution in [2.24, 2.45) is 12.0 Å². The number of nitrogens with zero attached hydrogens (tertiary/aromatic N) is 4. The predicted octanol–water partition coefficient (Wildman–Crippen LogP) is 3.18. The molecule has 126 valence electrons. The fourth-order valence-corrected chi connectivity index (χ4v) is 2.10. The first-order valence-corrected chi connectivity index (χ1v) is 7.76. The number of allylic oxidation sites excluding steroid dienone is 1. The fourth-order valence-electron chi connectivity index (χ4n) is 2.10. The molecule has 22 heavy (non-hydrogen) atoms. The van der Waals surface area contributed by atoms with Gasteiger partial charge in [-0.1, -0.05) is 12.5 Å². The van der Waals surface area contributed by atoms with Crippen LogP contribution >= 0.6 is 24.0 Å². The van der Waals surface area contributed by atoms with Crippen LogP contribution in [0.15, 0.2) is 29.9 Å². The lowest BCUT2D eigenvalue weighted by Crippen LogP contribution is -2.39. The second kappa shape index (κ2) is 12.5. The molecule has 0 fully saturated rings. The Kier molecular flexibility index (Phi) is 11.9. The second-order valence-corrected chi connectivity index (χ2v) is 5.18. The number of aryl methyl sites for hydroxylation is 1. The van der Waals surface area contributed by atoms with E-state index in [1.54, 1.807) is 6.20 Å². The van der Waals surface area contributed by atoms with Gasteiger partial charge in [-0.05, 0) is 32.3 Å². The molecule has 0 aromatic carbocycles. The number of hydrogen-bond donors (Lipinski definition) is 1. The molecule has 0 aliphatic heterocycles. The van der Waals surface area contributed by atoms with Gasteiger partial charge in [0.15, 0.2) is 5.96 Å². The van der Waals surface area contributed by atoms with Crippen molar-refractivity contribution in [3.05, 3.63) is 30.6 Å². The number of halogens is 1. The fraction of sp³-hybridized carbons (Fsp3) is 0.625. The maximum atomic E-state index is 4.69. The topological polar surface area (TPSA) is 45.5 Å². The van der Waals surface area contributed by atoms with E-state index in [0.29, 0.717) is 6.54 Å². The Bertz CT molecular complexity index is 441. The molecule has 0 radical (unpaired) electrons. The second-order valence-electron chi connectivity index (χ2n) is 5.18. The lowest BCUT2D eigenvalue weighted by molar-refractivity contribution is 0.455. The molecule has 0 saturated carbocycles. The van der Waals surface area contributed by atoms with Crippen molar-refractivity contribution in [1.29, 1.82) is 0 Å². The van der Waals surface area contributed by atoms with Crippen molar-refractivity contribution in [2.75, 3.05) is 20.1 Å². The third-order valence-electron chi connectivity index (χ3n) is 3.41. The smallest absolute Gasteiger partial charge is 0.194 e. The van der Waals surface area contributed by atoms with Gasteiger partial charge in [-0.25, -0.2) is 4.99 Å². The molecular formula is C16H30IN5. The summed E-state index contributed by atoms with van der Waals surface area (Å²) in [4.78, 5) is 6.89. The van der Waals surface area contributed by atoms with E-state index in [4.69, 9.17) is 0 Å². The largest absolute Gasteiger partial charge is 0.357 e. The van der Waals surface area contributed by atoms with Crippen LogP contribution in [0.5, 0.6) is 0 Å². The average molecular weight is 419 g/mol. The van der Waals surface area contributed by atoms with Crippen LogP contribution in [0.2, 0.25) is 0 Å². The Morgan fingerprint density at radius 3 is 2.82 bits per heavy atom. The summed E-state index contributed by atoms with van der Waals surface area (Å²) in [5.74, 6) is 0.961. The number of rotatable bonds is 9. The zero-order valence-electron chi connectivity index (χ0n) is 14.1. The van der Waals surface area contributed by atoms with E-state index in [9.17, 15) is 0 Å². The van der Waals surface area contributed by atoms with Crippen molar-refractivity contribution in [1.82, 2.24) is 20.0 Å². The molecule has 0 spiro atoms. The van der Waals surface area contributed by atoms with Crippen molar-refractivity contribution >= 4 is 29.9 Å². The van der Waals surface area contributed by atoms with Crippen molar-refractivity contribution in [3.63, 3.8) is 0 Å². The molecule has 1 heterocycles. The molecule has 0 atom stereocenters. The van der Waals surface area contributed by atoms with Gasteiger partial charge in [0.25, 0.3) is 0 Å². The van der Waals surface area contributed by atoms with Gasteiger partial charge in [0, 0.05) is 33.4 Å². The summed E-state index contributed by atoms with van der Waals surface area (Å²) in [6.07, 6.45) is 8.54. The quantitative estimate of drug-likeness (QED) is 0.220. The van der Waals surface area contributed by atoms with Crippen LogP contribution in [-0.2, 0) is 13.6 Å². The number of hydrogen-bond acceptors (Lipinski definition) is 2. The average Bonchev–Trinajstić information content (AvgIpc) is 2.88. The SMILES string of the molecule is C=CCCCCCN(C)C(=NCc1ccnn1C)NCC.I. The molecule has 1 aromatic heterocycles. The molecule has 5 nitrogen and oxygen atoms in total. The van der Waals surface area contributed by atoms with Crippen LogP contribution in [-0.4, -0.2) is 40.8 Å². The molecule has 6 heteroatoms. The minimum absolute atomic E-state index is 0. The highest BCUT2D eigenvalue weighted by Gasteiger charge is 2.05. The van der Waals surface area contributed by atoms with Gasteiger partial charge < -0.3 is 10.2 Å². The van der Waals surface area contributed by atoms with Gasteiger partial charge in [-0.3, -0.25) is 4.68 Å². The number of aromatic nitrogens is 2. The number of guanidine groups is 1. The summed E-state index contributed by atoms with van der Waals surface area (Å²) >= 11 is 0. The normalized spacial score (nSPS) is 11.0. The van der Waals surface area contributed by atoms with E-state index < -0.39 is 0 Å². The Labute approximate surface area is 151 Å². The van der Waals surface area contributed by atoms with Crippen LogP contribution in [0.25, 0.3) is 0 Å². The molecule has 0 aliphatic rings. The van der Waals surface area contributed by atoms with Crippen LogP contribution in [0, 0.1) is 0 Å². The minimum Gasteiger partial charge on any atom is -0.357 e. The van der Waals surface area contributed by atoms with E-state index in [1.165, 1.54) is 19.3 Å². The molecule has 0 amide bonds. The van der Waals surface area contributed by atoms with Crippen LogP contribution < -0.4 is 5.32 Å². The lowest BCUT2D eigenvalue weighted by Gasteiger charge is -2.22. The van der Waals surface area contributed by atoms with Crippen LogP contribution in [0.3, 0.4) is 0 Å². The van der Waals surface area contributed by atoms with Crippen LogP contribution in [0.4, 0.5) is 0 Å². The van der Waals surface area contributed by atoms with E-state index >= 15 is 0 Å². The van der Waals surface area contributed by atoms with Crippen molar-refractivity contribution < 1.29 is 0 Å².